The molecule has 0 fully saturated rings. The molecule has 0 radical (unpaired) electrons. The predicted molar refractivity (Wildman–Crippen MR) is 73.0 cm³/mol. The lowest BCUT2D eigenvalue weighted by atomic mass is 10.3. The second-order valence-electron chi connectivity index (χ2n) is 4.05. The van der Waals surface area contributed by atoms with Gasteiger partial charge in [-0.05, 0) is 18.6 Å². The van der Waals surface area contributed by atoms with Gasteiger partial charge in [0.25, 0.3) is 0 Å². The van der Waals surface area contributed by atoms with Crippen LogP contribution < -0.4 is 15.8 Å². The summed E-state index contributed by atoms with van der Waals surface area (Å²) < 4.78 is 5.47. The van der Waals surface area contributed by atoms with Gasteiger partial charge in [-0.15, -0.1) is 0 Å². The average Bonchev–Trinajstić information content (AvgIpc) is 2.92. The Kier molecular flexibility index (Phi) is 4.54. The van der Waals surface area contributed by atoms with Crippen molar-refractivity contribution in [2.45, 2.75) is 19.8 Å². The Labute approximate surface area is 111 Å². The van der Waals surface area contributed by atoms with Crippen molar-refractivity contribution in [3.05, 3.63) is 24.3 Å². The van der Waals surface area contributed by atoms with E-state index < -0.39 is 0 Å². The molecule has 0 spiro atoms. The van der Waals surface area contributed by atoms with Crippen molar-refractivity contribution in [3.63, 3.8) is 0 Å². The minimum Gasteiger partial charge on any atom is -0.476 e. The monoisotopic (exact) mass is 262 g/mol. The molecule has 0 aliphatic carbocycles. The van der Waals surface area contributed by atoms with Gasteiger partial charge in [-0.1, -0.05) is 6.92 Å². The van der Waals surface area contributed by atoms with Gasteiger partial charge in [0.05, 0.1) is 12.3 Å². The van der Waals surface area contributed by atoms with E-state index in [-0.39, 0.29) is 0 Å². The van der Waals surface area contributed by atoms with Crippen LogP contribution >= 0.6 is 0 Å². The van der Waals surface area contributed by atoms with Gasteiger partial charge in [0.15, 0.2) is 0 Å². The minimum atomic E-state index is 0.478. The fraction of sp³-hybridized carbons (Fsp3) is 0.417. The number of aromatic amines is 1. The number of nitrogens with two attached hydrogens (primary N) is 1. The zero-order valence-electron chi connectivity index (χ0n) is 10.9. The molecule has 0 amide bonds. The molecule has 2 rings (SSSR count). The molecule has 0 aliphatic heterocycles. The van der Waals surface area contributed by atoms with E-state index in [2.05, 4.69) is 25.5 Å². The first kappa shape index (κ1) is 13.1. The molecule has 0 aromatic carbocycles. The Balaban J connectivity index is 1.89. The van der Waals surface area contributed by atoms with Crippen LogP contribution in [0.4, 0.5) is 11.5 Å². The Hall–Kier alpha value is -2.31. The molecule has 19 heavy (non-hydrogen) atoms. The Morgan fingerprint density at radius 1 is 1.42 bits per heavy atom. The van der Waals surface area contributed by atoms with E-state index >= 15 is 0 Å². The molecule has 0 atom stereocenters. The number of nitrogen functional groups attached to an aromatic ring is 1. The molecule has 2 heterocycles. The third-order valence-electron chi connectivity index (χ3n) is 2.47. The van der Waals surface area contributed by atoms with Crippen molar-refractivity contribution in [2.75, 3.05) is 24.2 Å². The van der Waals surface area contributed by atoms with Crippen LogP contribution in [0.25, 0.3) is 0 Å². The summed E-state index contributed by atoms with van der Waals surface area (Å²) in [5.74, 6) is 2.05. The summed E-state index contributed by atoms with van der Waals surface area (Å²) in [7, 11) is 0. The molecular formula is C12H18N6O. The van der Waals surface area contributed by atoms with E-state index in [9.17, 15) is 0 Å². The highest BCUT2D eigenvalue weighted by Gasteiger charge is 2.04. The van der Waals surface area contributed by atoms with Crippen LogP contribution in [-0.4, -0.2) is 33.3 Å². The predicted octanol–water partition coefficient (Wildman–Crippen LogP) is 1.23. The van der Waals surface area contributed by atoms with E-state index in [1.807, 2.05) is 13.0 Å². The van der Waals surface area contributed by atoms with Crippen molar-refractivity contribution in [1.82, 2.24) is 20.2 Å². The van der Waals surface area contributed by atoms with Crippen LogP contribution in [0, 0.1) is 0 Å². The highest BCUT2D eigenvalue weighted by atomic mass is 16.5. The van der Waals surface area contributed by atoms with E-state index in [1.54, 1.807) is 6.07 Å². The largest absolute Gasteiger partial charge is 0.476 e. The number of H-pyrrole nitrogens is 1. The molecule has 7 heteroatoms. The number of nitrogens with zero attached hydrogens (tertiary/aromatic N) is 3. The summed E-state index contributed by atoms with van der Waals surface area (Å²) in [5, 5.41) is 9.79. The number of pyridine rings is 1. The number of hydrogen-bond acceptors (Lipinski definition) is 6. The summed E-state index contributed by atoms with van der Waals surface area (Å²) >= 11 is 0. The molecule has 2 aromatic heterocycles. The standard InChI is InChI=1S/C12H18N6O/c1-2-7-19-12-9(13)3-4-10(17-12)14-6-5-11-15-8-16-18-11/h3-4,8H,2,5-7,13H2,1H3,(H,14,17)(H,15,16,18). The molecule has 2 aromatic rings. The molecule has 0 aliphatic rings. The van der Waals surface area contributed by atoms with Gasteiger partial charge in [0.1, 0.15) is 18.0 Å². The third kappa shape index (κ3) is 3.84. The summed E-state index contributed by atoms with van der Waals surface area (Å²) in [5.41, 5.74) is 6.35. The minimum absolute atomic E-state index is 0.478. The van der Waals surface area contributed by atoms with Gasteiger partial charge in [-0.3, -0.25) is 5.10 Å². The number of anilines is 2. The van der Waals surface area contributed by atoms with Gasteiger partial charge in [0.2, 0.25) is 5.88 Å². The summed E-state index contributed by atoms with van der Waals surface area (Å²) in [6.07, 6.45) is 3.16. The van der Waals surface area contributed by atoms with Gasteiger partial charge in [-0.25, -0.2) is 4.98 Å². The number of nitrogens with one attached hydrogen (secondary N) is 2. The first-order valence-electron chi connectivity index (χ1n) is 6.27. The highest BCUT2D eigenvalue weighted by molar-refractivity contribution is 5.53. The zero-order valence-corrected chi connectivity index (χ0v) is 10.9. The maximum absolute atomic E-state index is 5.80. The molecule has 102 valence electrons. The van der Waals surface area contributed by atoms with E-state index in [1.165, 1.54) is 6.33 Å². The van der Waals surface area contributed by atoms with Crippen LogP contribution in [0.5, 0.6) is 5.88 Å². The second-order valence-corrected chi connectivity index (χ2v) is 4.05. The Morgan fingerprint density at radius 3 is 3.05 bits per heavy atom. The van der Waals surface area contributed by atoms with Crippen molar-refractivity contribution in [1.29, 1.82) is 0 Å². The van der Waals surface area contributed by atoms with Crippen molar-refractivity contribution >= 4 is 11.5 Å². The number of rotatable bonds is 7. The Morgan fingerprint density at radius 2 is 2.32 bits per heavy atom. The molecule has 7 nitrogen and oxygen atoms in total. The third-order valence-corrected chi connectivity index (χ3v) is 2.47. The Bertz CT molecular complexity index is 499. The van der Waals surface area contributed by atoms with Crippen LogP contribution in [-0.2, 0) is 6.42 Å². The topological polar surface area (TPSA) is 102 Å². The van der Waals surface area contributed by atoms with Crippen LogP contribution in [0.1, 0.15) is 19.2 Å². The number of ether oxygens (including phenoxy) is 1. The first-order valence-corrected chi connectivity index (χ1v) is 6.27. The first-order chi connectivity index (χ1) is 9.29. The molecule has 0 bridgehead atoms. The molecule has 0 saturated carbocycles. The quantitative estimate of drug-likeness (QED) is 0.693. The summed E-state index contributed by atoms with van der Waals surface area (Å²) in [6.45, 7) is 3.35. The maximum atomic E-state index is 5.80. The zero-order chi connectivity index (χ0) is 13.5. The summed E-state index contributed by atoms with van der Waals surface area (Å²) in [4.78, 5) is 8.37. The van der Waals surface area contributed by atoms with Gasteiger partial charge in [-0.2, -0.15) is 10.1 Å². The maximum Gasteiger partial charge on any atom is 0.239 e. The van der Waals surface area contributed by atoms with Gasteiger partial charge >= 0.3 is 0 Å². The lowest BCUT2D eigenvalue weighted by Crippen LogP contribution is -2.09. The van der Waals surface area contributed by atoms with E-state index in [0.717, 1.165) is 24.5 Å². The summed E-state index contributed by atoms with van der Waals surface area (Å²) in [6, 6.07) is 3.61. The SMILES string of the molecule is CCCOc1nc(NCCc2ncn[nH]2)ccc1N. The van der Waals surface area contributed by atoms with Gasteiger partial charge < -0.3 is 15.8 Å². The average molecular weight is 262 g/mol. The molecule has 0 saturated heterocycles. The molecule has 4 N–H and O–H groups in total. The van der Waals surface area contributed by atoms with E-state index in [4.69, 9.17) is 10.5 Å². The van der Waals surface area contributed by atoms with Crippen molar-refractivity contribution < 1.29 is 4.74 Å². The van der Waals surface area contributed by atoms with Crippen LogP contribution in [0.3, 0.4) is 0 Å². The number of hydrogen-bond donors (Lipinski definition) is 3. The smallest absolute Gasteiger partial charge is 0.239 e. The second kappa shape index (κ2) is 6.58. The lowest BCUT2D eigenvalue weighted by molar-refractivity contribution is 0.307. The highest BCUT2D eigenvalue weighted by Crippen LogP contribution is 2.20. The lowest BCUT2D eigenvalue weighted by Gasteiger charge is -2.09. The van der Waals surface area contributed by atoms with Gasteiger partial charge in [0, 0.05) is 13.0 Å². The molecular weight excluding hydrogens is 244 g/mol. The van der Waals surface area contributed by atoms with Crippen molar-refractivity contribution in [2.24, 2.45) is 0 Å². The fourth-order valence-electron chi connectivity index (χ4n) is 1.52. The fourth-order valence-corrected chi connectivity index (χ4v) is 1.52. The van der Waals surface area contributed by atoms with Crippen molar-refractivity contribution in [3.8, 4) is 5.88 Å². The van der Waals surface area contributed by atoms with Crippen LogP contribution in [0.2, 0.25) is 0 Å². The number of aromatic nitrogens is 4. The van der Waals surface area contributed by atoms with Crippen LogP contribution in [0.15, 0.2) is 18.5 Å². The molecule has 0 unspecified atom stereocenters. The van der Waals surface area contributed by atoms with E-state index in [0.29, 0.717) is 24.7 Å². The normalized spacial score (nSPS) is 10.4.